The van der Waals surface area contributed by atoms with E-state index in [0.717, 1.165) is 29.2 Å². The van der Waals surface area contributed by atoms with Gasteiger partial charge in [-0.2, -0.15) is 0 Å². The van der Waals surface area contributed by atoms with Crippen LogP contribution < -0.4 is 5.32 Å². The van der Waals surface area contributed by atoms with Crippen LogP contribution in [0.5, 0.6) is 0 Å². The van der Waals surface area contributed by atoms with Crippen molar-refractivity contribution in [2.24, 2.45) is 0 Å². The lowest BCUT2D eigenvalue weighted by molar-refractivity contribution is -0.0117. The maximum atomic E-state index is 9.73. The molecule has 194 valence electrons. The van der Waals surface area contributed by atoms with Crippen LogP contribution in [0.1, 0.15) is 55.9 Å². The second-order valence-electron chi connectivity index (χ2n) is 9.75. The number of hydrogen-bond donors (Lipinski definition) is 2. The SMILES string of the molecule is CN1CCC[C@@H]1CCO[C@](C)(c1ccccc1)c1ccc(Cl)cc1.CN[C@@H](C)[C@@H](O)c1ccccc1. The van der Waals surface area contributed by atoms with Gasteiger partial charge < -0.3 is 20.1 Å². The molecule has 4 atom stereocenters. The Labute approximate surface area is 222 Å². The zero-order valence-corrected chi connectivity index (χ0v) is 22.8. The van der Waals surface area contributed by atoms with E-state index in [0.29, 0.717) is 6.04 Å². The summed E-state index contributed by atoms with van der Waals surface area (Å²) >= 11 is 6.07. The van der Waals surface area contributed by atoms with Crippen molar-refractivity contribution >= 4 is 11.6 Å². The number of nitrogens with zero attached hydrogens (tertiary/aromatic N) is 1. The molecule has 1 heterocycles. The lowest BCUT2D eigenvalue weighted by Gasteiger charge is -2.32. The van der Waals surface area contributed by atoms with Gasteiger partial charge in [-0.05, 0) is 82.6 Å². The highest BCUT2D eigenvalue weighted by Crippen LogP contribution is 2.34. The van der Waals surface area contributed by atoms with Crippen LogP contribution in [0.2, 0.25) is 5.02 Å². The molecule has 3 aromatic rings. The van der Waals surface area contributed by atoms with Gasteiger partial charge in [0.15, 0.2) is 0 Å². The maximum Gasteiger partial charge on any atom is 0.115 e. The third-order valence-corrected chi connectivity index (χ3v) is 7.56. The van der Waals surface area contributed by atoms with Crippen LogP contribution in [-0.4, -0.2) is 49.3 Å². The predicted molar refractivity (Wildman–Crippen MR) is 150 cm³/mol. The van der Waals surface area contributed by atoms with Crippen molar-refractivity contribution in [1.82, 2.24) is 10.2 Å². The molecule has 0 unspecified atom stereocenters. The molecule has 0 spiro atoms. The number of halogens is 1. The molecule has 0 bridgehead atoms. The fourth-order valence-electron chi connectivity index (χ4n) is 4.70. The molecule has 3 aromatic carbocycles. The average Bonchev–Trinajstić information content (AvgIpc) is 3.33. The number of likely N-dealkylation sites (tertiary alicyclic amines) is 1. The van der Waals surface area contributed by atoms with Gasteiger partial charge in [0, 0.05) is 23.7 Å². The van der Waals surface area contributed by atoms with E-state index in [1.807, 2.05) is 62.5 Å². The summed E-state index contributed by atoms with van der Waals surface area (Å²) in [5, 5.41) is 13.5. The smallest absolute Gasteiger partial charge is 0.115 e. The van der Waals surface area contributed by atoms with Crippen molar-refractivity contribution in [1.29, 1.82) is 0 Å². The van der Waals surface area contributed by atoms with Crippen LogP contribution in [0.3, 0.4) is 0 Å². The van der Waals surface area contributed by atoms with Gasteiger partial charge in [0.1, 0.15) is 5.60 Å². The Morgan fingerprint density at radius 2 is 1.58 bits per heavy atom. The number of aliphatic hydroxyl groups is 1. The second-order valence-corrected chi connectivity index (χ2v) is 10.2. The first-order chi connectivity index (χ1) is 17.3. The largest absolute Gasteiger partial charge is 0.387 e. The molecule has 0 aromatic heterocycles. The second kappa shape index (κ2) is 13.9. The third kappa shape index (κ3) is 7.64. The fraction of sp³-hybridized carbons (Fsp3) is 0.419. The van der Waals surface area contributed by atoms with Crippen LogP contribution in [0.15, 0.2) is 84.9 Å². The van der Waals surface area contributed by atoms with E-state index in [9.17, 15) is 5.11 Å². The monoisotopic (exact) mass is 508 g/mol. The Balaban J connectivity index is 0.000000253. The summed E-state index contributed by atoms with van der Waals surface area (Å²) < 4.78 is 6.48. The van der Waals surface area contributed by atoms with Crippen molar-refractivity contribution < 1.29 is 9.84 Å². The van der Waals surface area contributed by atoms with Crippen LogP contribution in [0, 0.1) is 0 Å². The van der Waals surface area contributed by atoms with E-state index in [4.69, 9.17) is 16.3 Å². The Bertz CT molecular complexity index is 1020. The Morgan fingerprint density at radius 3 is 2.14 bits per heavy atom. The summed E-state index contributed by atoms with van der Waals surface area (Å²) in [6.07, 6.45) is 3.24. The molecule has 1 aliphatic rings. The summed E-state index contributed by atoms with van der Waals surface area (Å²) in [7, 11) is 4.06. The van der Waals surface area contributed by atoms with Gasteiger partial charge in [-0.1, -0.05) is 84.4 Å². The van der Waals surface area contributed by atoms with Gasteiger partial charge in [0.25, 0.3) is 0 Å². The van der Waals surface area contributed by atoms with Crippen LogP contribution >= 0.6 is 11.6 Å². The molecule has 1 saturated heterocycles. The number of nitrogens with one attached hydrogen (secondary N) is 1. The topological polar surface area (TPSA) is 44.7 Å². The molecular formula is C31H41ClN2O2. The van der Waals surface area contributed by atoms with Crippen molar-refractivity contribution in [2.45, 2.75) is 56.9 Å². The summed E-state index contributed by atoms with van der Waals surface area (Å²) in [5.41, 5.74) is 2.81. The molecular weight excluding hydrogens is 468 g/mol. The van der Waals surface area contributed by atoms with Crippen LogP contribution in [-0.2, 0) is 10.3 Å². The minimum Gasteiger partial charge on any atom is -0.387 e. The molecule has 0 radical (unpaired) electrons. The lowest BCUT2D eigenvalue weighted by atomic mass is 9.88. The standard InChI is InChI=1S/C21H26ClNO.C10H15NO/c1-21(17-7-4-3-5-8-17,18-10-12-19(22)13-11-18)24-16-14-20-9-6-15-23(20)2;1-8(11-2)10(12)9-6-4-3-5-7-9/h3-5,7-8,10-13,20H,6,9,14-16H2,1-2H3;3-8,10-12H,1-2H3/t20-,21-;8-,10+/m10/s1. The summed E-state index contributed by atoms with van der Waals surface area (Å²) in [4.78, 5) is 2.45. The summed E-state index contributed by atoms with van der Waals surface area (Å²) in [5.74, 6) is 0. The summed E-state index contributed by atoms with van der Waals surface area (Å²) in [6, 6.07) is 28.9. The van der Waals surface area contributed by atoms with Crippen LogP contribution in [0.25, 0.3) is 0 Å². The van der Waals surface area contributed by atoms with Crippen molar-refractivity contribution in [3.63, 3.8) is 0 Å². The molecule has 2 N–H and O–H groups in total. The van der Waals surface area contributed by atoms with Crippen molar-refractivity contribution in [3.8, 4) is 0 Å². The highest BCUT2D eigenvalue weighted by Gasteiger charge is 2.30. The number of hydrogen-bond acceptors (Lipinski definition) is 4. The zero-order chi connectivity index (χ0) is 26.0. The van der Waals surface area contributed by atoms with E-state index >= 15 is 0 Å². The van der Waals surface area contributed by atoms with E-state index in [1.165, 1.54) is 24.9 Å². The number of ether oxygens (including phenoxy) is 1. The normalized spacial score (nSPS) is 19.1. The molecule has 0 amide bonds. The zero-order valence-electron chi connectivity index (χ0n) is 22.0. The maximum absolute atomic E-state index is 9.73. The average molecular weight is 509 g/mol. The highest BCUT2D eigenvalue weighted by atomic mass is 35.5. The van der Waals surface area contributed by atoms with E-state index < -0.39 is 11.7 Å². The third-order valence-electron chi connectivity index (χ3n) is 7.30. The highest BCUT2D eigenvalue weighted by molar-refractivity contribution is 6.30. The summed E-state index contributed by atoms with van der Waals surface area (Å²) in [6.45, 7) is 6.07. The van der Waals surface area contributed by atoms with Gasteiger partial charge in [-0.3, -0.25) is 0 Å². The minimum atomic E-state index is -0.455. The van der Waals surface area contributed by atoms with Gasteiger partial charge in [0.2, 0.25) is 0 Å². The Hall–Kier alpha value is -2.21. The molecule has 0 saturated carbocycles. The van der Waals surface area contributed by atoms with E-state index in [-0.39, 0.29) is 6.04 Å². The lowest BCUT2D eigenvalue weighted by Crippen LogP contribution is -2.31. The first kappa shape index (κ1) is 28.4. The predicted octanol–water partition coefficient (Wildman–Crippen LogP) is 6.43. The van der Waals surface area contributed by atoms with Gasteiger partial charge >= 0.3 is 0 Å². The Morgan fingerprint density at radius 1 is 1.00 bits per heavy atom. The van der Waals surface area contributed by atoms with E-state index in [2.05, 4.69) is 60.6 Å². The molecule has 36 heavy (non-hydrogen) atoms. The number of benzene rings is 3. The minimum absolute atomic E-state index is 0.0902. The molecule has 1 aliphatic heterocycles. The molecule has 4 nitrogen and oxygen atoms in total. The first-order valence-electron chi connectivity index (χ1n) is 12.9. The van der Waals surface area contributed by atoms with E-state index in [1.54, 1.807) is 0 Å². The van der Waals surface area contributed by atoms with Crippen LogP contribution in [0.4, 0.5) is 0 Å². The molecule has 5 heteroatoms. The first-order valence-corrected chi connectivity index (χ1v) is 13.3. The number of likely N-dealkylation sites (N-methyl/N-ethyl adjacent to an activating group) is 1. The molecule has 4 rings (SSSR count). The molecule has 1 fully saturated rings. The van der Waals surface area contributed by atoms with Crippen molar-refractivity contribution in [2.75, 3.05) is 27.2 Å². The van der Waals surface area contributed by atoms with Gasteiger partial charge in [0.05, 0.1) is 6.10 Å². The Kier molecular flexibility index (Phi) is 11.0. The number of aliphatic hydroxyl groups excluding tert-OH is 1. The van der Waals surface area contributed by atoms with Crippen molar-refractivity contribution in [3.05, 3.63) is 107 Å². The molecule has 0 aliphatic carbocycles. The fourth-order valence-corrected chi connectivity index (χ4v) is 4.82. The van der Waals surface area contributed by atoms with Gasteiger partial charge in [-0.25, -0.2) is 0 Å². The van der Waals surface area contributed by atoms with Gasteiger partial charge in [-0.15, -0.1) is 0 Å². The number of rotatable bonds is 9. The quantitative estimate of drug-likeness (QED) is 0.349.